The van der Waals surface area contributed by atoms with Crippen LogP contribution in [0.15, 0.2) is 35.4 Å². The number of benzene rings is 1. The van der Waals surface area contributed by atoms with E-state index in [1.54, 1.807) is 12.3 Å². The van der Waals surface area contributed by atoms with Gasteiger partial charge in [-0.1, -0.05) is 31.3 Å². The lowest BCUT2D eigenvalue weighted by molar-refractivity contribution is 0.311. The largest absolute Gasteiger partial charge is 0.372 e. The fraction of sp³-hybridized carbons (Fsp3) is 0.429. The summed E-state index contributed by atoms with van der Waals surface area (Å²) >= 11 is 1.52. The number of likely N-dealkylation sites (N-methyl/N-ethyl adjacent to an activating group) is 2. The van der Waals surface area contributed by atoms with Gasteiger partial charge >= 0.3 is 0 Å². The van der Waals surface area contributed by atoms with Crippen LogP contribution < -0.4 is 10.2 Å². The van der Waals surface area contributed by atoms with Crippen molar-refractivity contribution in [2.45, 2.75) is 25.7 Å². The predicted molar refractivity (Wildman–Crippen MR) is 128 cm³/mol. The minimum Gasteiger partial charge on any atom is -0.372 e. The number of H-pyrrole nitrogens is 1. The molecule has 168 valence electrons. The molecule has 0 saturated carbocycles. The van der Waals surface area contributed by atoms with E-state index in [0.717, 1.165) is 53.3 Å². The number of nitrogens with zero attached hydrogens (tertiary/aromatic N) is 4. The topological polar surface area (TPSA) is 94.2 Å². The second-order valence-electron chi connectivity index (χ2n) is 7.43. The highest BCUT2D eigenvalue weighted by atomic mass is 32.2. The van der Waals surface area contributed by atoms with Crippen LogP contribution in [0.4, 0.5) is 16.6 Å². The Bertz CT molecular complexity index is 1110. The van der Waals surface area contributed by atoms with Crippen LogP contribution in [0.2, 0.25) is 0 Å². The monoisotopic (exact) mass is 462 g/mol. The second kappa shape index (κ2) is 9.80. The Balaban J connectivity index is 1.94. The van der Waals surface area contributed by atoms with Gasteiger partial charge in [-0.3, -0.25) is 5.10 Å². The van der Waals surface area contributed by atoms with E-state index in [-0.39, 0.29) is 0 Å². The van der Waals surface area contributed by atoms with E-state index in [2.05, 4.69) is 39.2 Å². The molecule has 0 amide bonds. The molecule has 31 heavy (non-hydrogen) atoms. The Kier molecular flexibility index (Phi) is 7.34. The second-order valence-corrected chi connectivity index (χ2v) is 10.4. The maximum Gasteiger partial charge on any atom is 0.189 e. The van der Waals surface area contributed by atoms with Crippen LogP contribution in [0.25, 0.3) is 10.4 Å². The standard InChI is InChI=1S/C21H30N6O2S2/c1-6-27(7-2)13-12-26(4)17-14-16(8-9-18(17)31(5,28)29)20-15(3)23-21(30-20)24-19-10-11-22-25-19/h8-11,14H,6-7,12-13H2,1-5H3,(H2,22,23,24,25). The van der Waals surface area contributed by atoms with Gasteiger partial charge in [0.1, 0.15) is 5.82 Å². The van der Waals surface area contributed by atoms with Gasteiger partial charge in [0.15, 0.2) is 15.0 Å². The van der Waals surface area contributed by atoms with Crippen LogP contribution in [0.3, 0.4) is 0 Å². The number of hydrogen-bond acceptors (Lipinski definition) is 8. The van der Waals surface area contributed by atoms with Crippen LogP contribution in [-0.4, -0.2) is 68.0 Å². The number of nitrogens with one attached hydrogen (secondary N) is 2. The van der Waals surface area contributed by atoms with Gasteiger partial charge in [0.05, 0.1) is 27.4 Å². The highest BCUT2D eigenvalue weighted by Crippen LogP contribution is 2.37. The normalized spacial score (nSPS) is 11.8. The molecule has 10 heteroatoms. The van der Waals surface area contributed by atoms with Crippen molar-refractivity contribution in [1.82, 2.24) is 20.1 Å². The Morgan fingerprint density at radius 1 is 1.16 bits per heavy atom. The third-order valence-corrected chi connectivity index (χ3v) is 7.48. The van der Waals surface area contributed by atoms with E-state index in [0.29, 0.717) is 10.6 Å². The van der Waals surface area contributed by atoms with Crippen molar-refractivity contribution in [3.8, 4) is 10.4 Å². The number of anilines is 3. The summed E-state index contributed by atoms with van der Waals surface area (Å²) in [6, 6.07) is 7.35. The molecular weight excluding hydrogens is 432 g/mol. The van der Waals surface area contributed by atoms with E-state index in [1.165, 1.54) is 17.6 Å². The first kappa shape index (κ1) is 23.2. The maximum absolute atomic E-state index is 12.4. The molecule has 0 aliphatic carbocycles. The van der Waals surface area contributed by atoms with Crippen molar-refractivity contribution in [3.05, 3.63) is 36.2 Å². The molecule has 2 heterocycles. The summed E-state index contributed by atoms with van der Waals surface area (Å²) in [7, 11) is -1.41. The lowest BCUT2D eigenvalue weighted by Gasteiger charge is -2.26. The molecule has 8 nitrogen and oxygen atoms in total. The molecule has 0 bridgehead atoms. The smallest absolute Gasteiger partial charge is 0.189 e. The summed E-state index contributed by atoms with van der Waals surface area (Å²) in [5.41, 5.74) is 2.55. The fourth-order valence-corrected chi connectivity index (χ4v) is 5.27. The maximum atomic E-state index is 12.4. The van der Waals surface area contributed by atoms with E-state index in [4.69, 9.17) is 0 Å². The number of aromatic amines is 1. The van der Waals surface area contributed by atoms with Gasteiger partial charge in [0.25, 0.3) is 0 Å². The van der Waals surface area contributed by atoms with E-state index in [9.17, 15) is 8.42 Å². The average Bonchev–Trinajstić information content (AvgIpc) is 3.37. The van der Waals surface area contributed by atoms with Gasteiger partial charge in [0, 0.05) is 32.5 Å². The SMILES string of the molecule is CCN(CC)CCN(C)c1cc(-c2sc(Nc3ccn[nH]3)nc2C)ccc1S(C)(=O)=O. The molecule has 0 aliphatic heterocycles. The highest BCUT2D eigenvalue weighted by Gasteiger charge is 2.19. The third-order valence-electron chi connectivity index (χ3n) is 5.22. The average molecular weight is 463 g/mol. The van der Waals surface area contributed by atoms with Gasteiger partial charge < -0.3 is 15.1 Å². The first-order chi connectivity index (χ1) is 14.7. The zero-order valence-corrected chi connectivity index (χ0v) is 20.3. The zero-order chi connectivity index (χ0) is 22.6. The number of thiazole rings is 1. The minimum atomic E-state index is -3.36. The molecule has 0 atom stereocenters. The summed E-state index contributed by atoms with van der Waals surface area (Å²) in [5, 5.41) is 10.8. The predicted octanol–water partition coefficient (Wildman–Crippen LogP) is 3.77. The van der Waals surface area contributed by atoms with Crippen LogP contribution in [0.5, 0.6) is 0 Å². The molecule has 0 spiro atoms. The van der Waals surface area contributed by atoms with Crippen LogP contribution >= 0.6 is 11.3 Å². The summed E-state index contributed by atoms with van der Waals surface area (Å²) in [6.45, 7) is 9.76. The van der Waals surface area contributed by atoms with Crippen molar-refractivity contribution in [2.24, 2.45) is 0 Å². The quantitative estimate of drug-likeness (QED) is 0.474. The Hall–Kier alpha value is -2.43. The van der Waals surface area contributed by atoms with Crippen molar-refractivity contribution in [3.63, 3.8) is 0 Å². The highest BCUT2D eigenvalue weighted by molar-refractivity contribution is 7.90. The minimum absolute atomic E-state index is 0.344. The van der Waals surface area contributed by atoms with Crippen molar-refractivity contribution < 1.29 is 8.42 Å². The summed E-state index contributed by atoms with van der Waals surface area (Å²) in [4.78, 5) is 10.3. The first-order valence-corrected chi connectivity index (χ1v) is 13.0. The number of hydrogen-bond donors (Lipinski definition) is 2. The number of aryl methyl sites for hydroxylation is 1. The van der Waals surface area contributed by atoms with Gasteiger partial charge in [-0.15, -0.1) is 0 Å². The first-order valence-electron chi connectivity index (χ1n) is 10.2. The fourth-order valence-electron chi connectivity index (χ4n) is 3.38. The molecule has 0 fully saturated rings. The van der Waals surface area contributed by atoms with E-state index < -0.39 is 9.84 Å². The van der Waals surface area contributed by atoms with Crippen LogP contribution in [-0.2, 0) is 9.84 Å². The number of sulfone groups is 1. The van der Waals surface area contributed by atoms with Crippen LogP contribution in [0, 0.1) is 6.92 Å². The molecule has 0 radical (unpaired) electrons. The van der Waals surface area contributed by atoms with Crippen LogP contribution in [0.1, 0.15) is 19.5 Å². The molecule has 3 rings (SSSR count). The number of aromatic nitrogens is 3. The van der Waals surface area contributed by atoms with Crippen molar-refractivity contribution in [2.75, 3.05) is 49.7 Å². The lowest BCUT2D eigenvalue weighted by Crippen LogP contribution is -2.33. The lowest BCUT2D eigenvalue weighted by atomic mass is 10.1. The van der Waals surface area contributed by atoms with Gasteiger partial charge in [-0.25, -0.2) is 13.4 Å². The summed E-state index contributed by atoms with van der Waals surface area (Å²) in [5.74, 6) is 0.768. The van der Waals surface area contributed by atoms with Crippen molar-refractivity contribution in [1.29, 1.82) is 0 Å². The summed E-state index contributed by atoms with van der Waals surface area (Å²) in [6.07, 6.45) is 2.93. The van der Waals surface area contributed by atoms with E-state index >= 15 is 0 Å². The molecule has 3 aromatic rings. The van der Waals surface area contributed by atoms with Gasteiger partial charge in [-0.2, -0.15) is 5.10 Å². The molecule has 2 aromatic heterocycles. The Morgan fingerprint density at radius 3 is 2.52 bits per heavy atom. The third kappa shape index (κ3) is 5.63. The molecular formula is C21H30N6O2S2. The zero-order valence-electron chi connectivity index (χ0n) is 18.6. The molecule has 2 N–H and O–H groups in total. The summed E-state index contributed by atoms with van der Waals surface area (Å²) < 4.78 is 24.9. The van der Waals surface area contributed by atoms with Gasteiger partial charge in [0.2, 0.25) is 0 Å². The molecule has 0 aliphatic rings. The Morgan fingerprint density at radius 2 is 1.90 bits per heavy atom. The van der Waals surface area contributed by atoms with Crippen molar-refractivity contribution >= 4 is 37.8 Å². The Labute approximate surface area is 188 Å². The van der Waals surface area contributed by atoms with Gasteiger partial charge in [-0.05, 0) is 37.7 Å². The molecule has 0 unspecified atom stereocenters. The molecule has 0 saturated heterocycles. The molecule has 1 aromatic carbocycles. The number of rotatable bonds is 10. The van der Waals surface area contributed by atoms with E-state index in [1.807, 2.05) is 37.1 Å².